The highest BCUT2D eigenvalue weighted by atomic mass is 32.1. The molecule has 2 aliphatic rings. The zero-order chi connectivity index (χ0) is 22.9. The molecule has 3 aromatic rings. The maximum atomic E-state index is 12.5. The molecular weight excluding hydrogens is 438 g/mol. The molecule has 0 bridgehead atoms. The summed E-state index contributed by atoms with van der Waals surface area (Å²) in [6, 6.07) is 9.96. The predicted molar refractivity (Wildman–Crippen MR) is 130 cm³/mol. The molecular formula is C24H27N5O3S. The Morgan fingerprint density at radius 1 is 1.24 bits per heavy atom. The van der Waals surface area contributed by atoms with Crippen molar-refractivity contribution in [3.05, 3.63) is 56.8 Å². The van der Waals surface area contributed by atoms with E-state index < -0.39 is 0 Å². The van der Waals surface area contributed by atoms with Crippen LogP contribution in [0.15, 0.2) is 46.3 Å². The molecule has 2 aliphatic heterocycles. The van der Waals surface area contributed by atoms with Gasteiger partial charge in [0.15, 0.2) is 10.8 Å². The van der Waals surface area contributed by atoms with E-state index in [4.69, 9.17) is 14.5 Å². The highest BCUT2D eigenvalue weighted by Crippen LogP contribution is 2.40. The number of pyridine rings is 1. The van der Waals surface area contributed by atoms with Crippen molar-refractivity contribution in [2.45, 2.75) is 32.9 Å². The Bertz CT molecular complexity index is 1260. The van der Waals surface area contributed by atoms with Crippen LogP contribution < -0.4 is 15.7 Å². The number of hydrogen-bond acceptors (Lipinski definition) is 8. The first-order valence-electron chi connectivity index (χ1n) is 11.1. The van der Waals surface area contributed by atoms with Crippen molar-refractivity contribution in [1.29, 1.82) is 0 Å². The molecule has 2 aromatic heterocycles. The molecule has 1 aromatic carbocycles. The SMILES string of the molecule is COCCn1ccc(-c2ccc3c(c2)-c2nc(C4=NCNN4C(C)C)sc2CCO3)cc1=O. The van der Waals surface area contributed by atoms with Gasteiger partial charge in [0.25, 0.3) is 5.56 Å². The fourth-order valence-corrected chi connectivity index (χ4v) is 5.16. The minimum atomic E-state index is -0.0482. The Hall–Kier alpha value is -3.01. The van der Waals surface area contributed by atoms with Crippen molar-refractivity contribution in [1.82, 2.24) is 20.0 Å². The Labute approximate surface area is 196 Å². The van der Waals surface area contributed by atoms with Crippen LogP contribution in [-0.2, 0) is 17.7 Å². The summed E-state index contributed by atoms with van der Waals surface area (Å²) < 4.78 is 12.8. The second-order valence-corrected chi connectivity index (χ2v) is 9.39. The highest BCUT2D eigenvalue weighted by Gasteiger charge is 2.27. The lowest BCUT2D eigenvalue weighted by molar-refractivity contribution is 0.186. The number of benzene rings is 1. The van der Waals surface area contributed by atoms with Gasteiger partial charge in [-0.2, -0.15) is 0 Å². The zero-order valence-electron chi connectivity index (χ0n) is 19.0. The Morgan fingerprint density at radius 3 is 2.88 bits per heavy atom. The number of thiazole rings is 1. The number of hydrogen-bond donors (Lipinski definition) is 1. The fourth-order valence-electron chi connectivity index (χ4n) is 4.10. The molecule has 0 fully saturated rings. The third-order valence-electron chi connectivity index (χ3n) is 5.79. The summed E-state index contributed by atoms with van der Waals surface area (Å²) in [5.74, 6) is 1.70. The largest absolute Gasteiger partial charge is 0.493 e. The van der Waals surface area contributed by atoms with E-state index in [0.29, 0.717) is 26.4 Å². The molecule has 0 spiro atoms. The van der Waals surface area contributed by atoms with Crippen molar-refractivity contribution in [3.63, 3.8) is 0 Å². The van der Waals surface area contributed by atoms with Crippen molar-refractivity contribution in [3.8, 4) is 28.1 Å². The Kier molecular flexibility index (Phi) is 6.01. The van der Waals surface area contributed by atoms with Crippen LogP contribution in [0, 0.1) is 0 Å². The van der Waals surface area contributed by atoms with Gasteiger partial charge in [0, 0.05) is 48.8 Å². The molecule has 0 saturated heterocycles. The van der Waals surface area contributed by atoms with Crippen LogP contribution in [0.3, 0.4) is 0 Å². The molecule has 8 nitrogen and oxygen atoms in total. The van der Waals surface area contributed by atoms with E-state index in [1.165, 1.54) is 4.88 Å². The third kappa shape index (κ3) is 4.19. The van der Waals surface area contributed by atoms with E-state index in [2.05, 4.69) is 35.3 Å². The van der Waals surface area contributed by atoms with Crippen LogP contribution >= 0.6 is 11.3 Å². The summed E-state index contributed by atoms with van der Waals surface area (Å²) in [4.78, 5) is 23.4. The third-order valence-corrected chi connectivity index (χ3v) is 6.90. The van der Waals surface area contributed by atoms with E-state index in [0.717, 1.165) is 45.4 Å². The zero-order valence-corrected chi connectivity index (χ0v) is 19.8. The van der Waals surface area contributed by atoms with Gasteiger partial charge in [-0.05, 0) is 43.2 Å². The molecule has 4 heterocycles. The summed E-state index contributed by atoms with van der Waals surface area (Å²) >= 11 is 1.68. The van der Waals surface area contributed by atoms with Crippen molar-refractivity contribution in [2.75, 3.05) is 27.0 Å². The first-order chi connectivity index (χ1) is 16.0. The predicted octanol–water partition coefficient (Wildman–Crippen LogP) is 3.15. The highest BCUT2D eigenvalue weighted by molar-refractivity contribution is 7.14. The molecule has 0 atom stereocenters. The maximum absolute atomic E-state index is 12.5. The number of fused-ring (bicyclic) bond motifs is 3. The van der Waals surface area contributed by atoms with Gasteiger partial charge >= 0.3 is 0 Å². The number of hydrazine groups is 1. The van der Waals surface area contributed by atoms with Crippen LogP contribution in [0.5, 0.6) is 5.75 Å². The summed E-state index contributed by atoms with van der Waals surface area (Å²) in [5, 5.41) is 2.99. The lowest BCUT2D eigenvalue weighted by atomic mass is 10.0. The van der Waals surface area contributed by atoms with Gasteiger partial charge in [0.2, 0.25) is 0 Å². The lowest BCUT2D eigenvalue weighted by Crippen LogP contribution is -2.42. The number of aromatic nitrogens is 2. The van der Waals surface area contributed by atoms with Crippen LogP contribution in [0.25, 0.3) is 22.4 Å². The minimum absolute atomic E-state index is 0.0482. The van der Waals surface area contributed by atoms with Crippen LogP contribution in [0.2, 0.25) is 0 Å². The smallest absolute Gasteiger partial charge is 0.251 e. The van der Waals surface area contributed by atoms with Gasteiger partial charge in [-0.25, -0.2) is 15.4 Å². The molecule has 5 rings (SSSR count). The maximum Gasteiger partial charge on any atom is 0.251 e. The van der Waals surface area contributed by atoms with Gasteiger partial charge in [-0.15, -0.1) is 11.3 Å². The topological polar surface area (TPSA) is 81.0 Å². The van der Waals surface area contributed by atoms with E-state index >= 15 is 0 Å². The van der Waals surface area contributed by atoms with Gasteiger partial charge in [-0.1, -0.05) is 6.07 Å². The second-order valence-electron chi connectivity index (χ2n) is 8.30. The first-order valence-corrected chi connectivity index (χ1v) is 11.9. The van der Waals surface area contributed by atoms with Crippen LogP contribution in [0.4, 0.5) is 0 Å². The van der Waals surface area contributed by atoms with Gasteiger partial charge < -0.3 is 14.0 Å². The molecule has 33 heavy (non-hydrogen) atoms. The number of amidine groups is 1. The lowest BCUT2D eigenvalue weighted by Gasteiger charge is -2.23. The summed E-state index contributed by atoms with van der Waals surface area (Å²) in [7, 11) is 1.63. The average Bonchev–Trinajstić information content (AvgIpc) is 3.43. The molecule has 9 heteroatoms. The fraction of sp³-hybridized carbons (Fsp3) is 0.375. The number of ether oxygens (including phenoxy) is 2. The average molecular weight is 466 g/mol. The summed E-state index contributed by atoms with van der Waals surface area (Å²) in [6.07, 6.45) is 2.62. The van der Waals surface area contributed by atoms with Gasteiger partial charge in [0.05, 0.1) is 18.9 Å². The molecule has 0 aliphatic carbocycles. The number of nitrogens with one attached hydrogen (secondary N) is 1. The Morgan fingerprint density at radius 2 is 2.09 bits per heavy atom. The molecule has 0 unspecified atom stereocenters. The van der Waals surface area contributed by atoms with Crippen LogP contribution in [0.1, 0.15) is 23.7 Å². The summed E-state index contributed by atoms with van der Waals surface area (Å²) in [5.41, 5.74) is 6.97. The molecule has 0 saturated carbocycles. The van der Waals surface area contributed by atoms with Crippen molar-refractivity contribution < 1.29 is 9.47 Å². The first kappa shape index (κ1) is 21.8. The monoisotopic (exact) mass is 465 g/mol. The molecule has 0 amide bonds. The molecule has 1 N–H and O–H groups in total. The van der Waals surface area contributed by atoms with E-state index in [9.17, 15) is 4.79 Å². The number of methoxy groups -OCH3 is 1. The van der Waals surface area contributed by atoms with Gasteiger partial charge in [0.1, 0.15) is 12.4 Å². The van der Waals surface area contributed by atoms with Crippen molar-refractivity contribution >= 4 is 17.2 Å². The van der Waals surface area contributed by atoms with E-state index in [1.807, 2.05) is 24.4 Å². The Balaban J connectivity index is 1.53. The second kappa shape index (κ2) is 9.09. The normalized spacial score (nSPS) is 15.2. The van der Waals surface area contributed by atoms with Gasteiger partial charge in [-0.3, -0.25) is 9.80 Å². The standard InChI is InChI=1S/C24H27N5O3S/c1-15(2)29-23(25-14-26-29)24-27-22-18-12-16(4-5-19(18)32-10-7-20(22)33-24)17-6-8-28(9-11-31-3)21(30)13-17/h4-6,8,12-13,15,26H,7,9-11,14H2,1-3H3. The molecule has 172 valence electrons. The molecule has 0 radical (unpaired) electrons. The number of nitrogens with zero attached hydrogens (tertiary/aromatic N) is 4. The van der Waals surface area contributed by atoms with Crippen molar-refractivity contribution in [2.24, 2.45) is 4.99 Å². The minimum Gasteiger partial charge on any atom is -0.493 e. The number of aliphatic imine (C=N–C) groups is 1. The summed E-state index contributed by atoms with van der Waals surface area (Å²) in [6.45, 7) is 6.46. The quantitative estimate of drug-likeness (QED) is 0.602. The number of rotatable bonds is 6. The van der Waals surface area contributed by atoms with E-state index in [-0.39, 0.29) is 11.6 Å². The van der Waals surface area contributed by atoms with Crippen LogP contribution in [-0.4, -0.2) is 53.4 Å². The van der Waals surface area contributed by atoms with E-state index in [1.54, 1.807) is 29.1 Å².